The molecule has 1 fully saturated rings. The van der Waals surface area contributed by atoms with E-state index < -0.39 is 5.60 Å². The molecule has 1 saturated carbocycles. The van der Waals surface area contributed by atoms with E-state index in [0.29, 0.717) is 67.7 Å². The van der Waals surface area contributed by atoms with E-state index in [1.54, 1.807) is 59.1 Å². The molecular formula is C34H36FN3O4. The summed E-state index contributed by atoms with van der Waals surface area (Å²) in [7, 11) is 1.70. The van der Waals surface area contributed by atoms with Gasteiger partial charge in [0, 0.05) is 36.0 Å². The molecule has 8 heteroatoms. The number of benzene rings is 2. The van der Waals surface area contributed by atoms with Crippen molar-refractivity contribution in [2.45, 2.75) is 71.8 Å². The molecule has 0 aliphatic heterocycles. The van der Waals surface area contributed by atoms with E-state index >= 15 is 0 Å². The van der Waals surface area contributed by atoms with Crippen LogP contribution in [-0.2, 0) is 12.6 Å². The molecule has 6 rings (SSSR count). The number of aromatic nitrogens is 3. The zero-order valence-corrected chi connectivity index (χ0v) is 24.9. The third-order valence-electron chi connectivity index (χ3n) is 8.34. The number of ether oxygens (including phenoxy) is 1. The Morgan fingerprint density at radius 3 is 2.43 bits per heavy atom. The number of hydrogen-bond acceptors (Lipinski definition) is 5. The Kier molecular flexibility index (Phi) is 6.84. The Balaban J connectivity index is 1.55. The van der Waals surface area contributed by atoms with Gasteiger partial charge in [0.05, 0.1) is 11.0 Å². The number of halogens is 1. The maximum absolute atomic E-state index is 14.1. The van der Waals surface area contributed by atoms with Gasteiger partial charge in [-0.3, -0.25) is 4.79 Å². The number of furan rings is 1. The molecule has 0 spiro atoms. The topological polar surface area (TPSA) is 93.3 Å². The van der Waals surface area contributed by atoms with Crippen molar-refractivity contribution in [1.82, 2.24) is 14.5 Å². The van der Waals surface area contributed by atoms with Gasteiger partial charge in [-0.1, -0.05) is 18.9 Å². The summed E-state index contributed by atoms with van der Waals surface area (Å²) in [5.74, 6) is 2.58. The lowest BCUT2D eigenvalue weighted by Crippen LogP contribution is -2.17. The molecule has 218 valence electrons. The Labute approximate surface area is 244 Å². The highest BCUT2D eigenvalue weighted by Gasteiger charge is 2.26. The third kappa shape index (κ3) is 4.94. The van der Waals surface area contributed by atoms with Gasteiger partial charge in [-0.2, -0.15) is 0 Å². The molecule has 0 amide bonds. The van der Waals surface area contributed by atoms with Crippen LogP contribution in [0.4, 0.5) is 4.39 Å². The van der Waals surface area contributed by atoms with Gasteiger partial charge in [-0.05, 0) is 94.5 Å². The van der Waals surface area contributed by atoms with Crippen LogP contribution in [0, 0.1) is 26.6 Å². The molecule has 3 aromatic heterocycles. The first-order chi connectivity index (χ1) is 19.9. The summed E-state index contributed by atoms with van der Waals surface area (Å²) in [6, 6.07) is 10.1. The molecule has 0 saturated heterocycles. The number of imidazole rings is 1. The maximum Gasteiger partial charge on any atom is 0.261 e. The van der Waals surface area contributed by atoms with Gasteiger partial charge in [0.2, 0.25) is 0 Å². The predicted molar refractivity (Wildman–Crippen MR) is 162 cm³/mol. The van der Waals surface area contributed by atoms with Crippen molar-refractivity contribution in [1.29, 1.82) is 0 Å². The summed E-state index contributed by atoms with van der Waals surface area (Å²) in [6.07, 6.45) is 6.36. The summed E-state index contributed by atoms with van der Waals surface area (Å²) in [4.78, 5) is 21.7. The van der Waals surface area contributed by atoms with Crippen LogP contribution in [-0.4, -0.2) is 19.6 Å². The molecule has 2 N–H and O–H groups in total. The first kappa shape index (κ1) is 28.0. The number of nitrogens with zero attached hydrogens (tertiary/aromatic N) is 2. The van der Waals surface area contributed by atoms with Gasteiger partial charge in [-0.25, -0.2) is 9.37 Å². The fourth-order valence-corrected chi connectivity index (χ4v) is 6.05. The molecule has 0 radical (unpaired) electrons. The first-order valence-electron chi connectivity index (χ1n) is 14.4. The average molecular weight is 570 g/mol. The minimum absolute atomic E-state index is 0.195. The highest BCUT2D eigenvalue weighted by atomic mass is 19.1. The quantitative estimate of drug-likeness (QED) is 0.217. The monoisotopic (exact) mass is 569 g/mol. The van der Waals surface area contributed by atoms with E-state index in [9.17, 15) is 14.3 Å². The molecule has 5 aromatic rings. The van der Waals surface area contributed by atoms with Crippen LogP contribution in [0.15, 0.2) is 51.8 Å². The zero-order chi connectivity index (χ0) is 29.9. The van der Waals surface area contributed by atoms with Gasteiger partial charge in [0.25, 0.3) is 5.56 Å². The molecule has 0 atom stereocenters. The number of aliphatic hydroxyl groups is 1. The first-order valence-corrected chi connectivity index (χ1v) is 14.4. The van der Waals surface area contributed by atoms with E-state index in [2.05, 4.69) is 4.98 Å². The normalized spacial score (nSPS) is 14.3. The van der Waals surface area contributed by atoms with Crippen molar-refractivity contribution < 1.29 is 18.7 Å². The number of H-pyrrole nitrogens is 1. The average Bonchev–Trinajstić information content (AvgIpc) is 3.68. The standard InChI is InChI=1S/C34H36FN3O4/c1-18-13-23(35)14-19(2)30(18)41-27-12-11-22(34(4,5)40)15-24(27)26-17-38(6)33(39)25-16-28(42-31(25)26)29-20(3)36-32(37-29)21-9-7-8-10-21/h11-17,21,40H,7-10H2,1-6H3,(H,36,37). The number of aryl methyl sites for hydroxylation is 4. The smallest absolute Gasteiger partial charge is 0.261 e. The Hall–Kier alpha value is -4.17. The van der Waals surface area contributed by atoms with Crippen molar-refractivity contribution >= 4 is 11.0 Å². The minimum Gasteiger partial charge on any atom is -0.456 e. The Morgan fingerprint density at radius 1 is 1.07 bits per heavy atom. The highest BCUT2D eigenvalue weighted by molar-refractivity contribution is 5.95. The second-order valence-corrected chi connectivity index (χ2v) is 12.1. The van der Waals surface area contributed by atoms with Gasteiger partial charge < -0.3 is 23.8 Å². The van der Waals surface area contributed by atoms with Crippen molar-refractivity contribution in [3.63, 3.8) is 0 Å². The van der Waals surface area contributed by atoms with Crippen molar-refractivity contribution in [3.05, 3.63) is 87.0 Å². The van der Waals surface area contributed by atoms with E-state index in [4.69, 9.17) is 14.1 Å². The molecule has 42 heavy (non-hydrogen) atoms. The van der Waals surface area contributed by atoms with Crippen LogP contribution in [0.2, 0.25) is 0 Å². The Morgan fingerprint density at radius 2 is 1.76 bits per heavy atom. The molecule has 1 aliphatic rings. The minimum atomic E-state index is -1.13. The summed E-state index contributed by atoms with van der Waals surface area (Å²) < 4.78 is 28.5. The number of rotatable bonds is 6. The van der Waals surface area contributed by atoms with Crippen molar-refractivity contribution in [2.75, 3.05) is 0 Å². The van der Waals surface area contributed by atoms with E-state index in [1.165, 1.54) is 29.5 Å². The molecule has 2 aromatic carbocycles. The molecule has 7 nitrogen and oxygen atoms in total. The number of aromatic amines is 1. The maximum atomic E-state index is 14.1. The molecule has 0 unspecified atom stereocenters. The van der Waals surface area contributed by atoms with Crippen molar-refractivity contribution in [2.24, 2.45) is 7.05 Å². The lowest BCUT2D eigenvalue weighted by Gasteiger charge is -2.21. The van der Waals surface area contributed by atoms with Gasteiger partial charge in [0.15, 0.2) is 5.76 Å². The number of pyridine rings is 1. The number of hydrogen-bond donors (Lipinski definition) is 2. The van der Waals surface area contributed by atoms with Crippen LogP contribution in [0.1, 0.15) is 73.7 Å². The Bertz CT molecular complexity index is 1860. The van der Waals surface area contributed by atoms with Gasteiger partial charge in [-0.15, -0.1) is 0 Å². The van der Waals surface area contributed by atoms with Crippen LogP contribution in [0.3, 0.4) is 0 Å². The summed E-state index contributed by atoms with van der Waals surface area (Å²) in [5.41, 5.74) is 3.89. The third-order valence-corrected chi connectivity index (χ3v) is 8.34. The number of nitrogens with one attached hydrogen (secondary N) is 1. The molecule has 0 bridgehead atoms. The second-order valence-electron chi connectivity index (χ2n) is 12.1. The lowest BCUT2D eigenvalue weighted by molar-refractivity contribution is 0.0786. The summed E-state index contributed by atoms with van der Waals surface area (Å²) in [6.45, 7) is 8.99. The largest absolute Gasteiger partial charge is 0.456 e. The van der Waals surface area contributed by atoms with E-state index in [0.717, 1.165) is 24.4 Å². The SMILES string of the molecule is Cc1cc(F)cc(C)c1Oc1ccc(C(C)(C)O)cc1-c1cn(C)c(=O)c2cc(-c3nc(C4CCCC4)[nH]c3C)oc12. The molecule has 3 heterocycles. The lowest BCUT2D eigenvalue weighted by atomic mass is 9.93. The van der Waals surface area contributed by atoms with E-state index in [-0.39, 0.29) is 11.4 Å². The number of fused-ring (bicyclic) bond motifs is 1. The van der Waals surface area contributed by atoms with Crippen LogP contribution >= 0.6 is 0 Å². The van der Waals surface area contributed by atoms with Crippen molar-refractivity contribution in [3.8, 4) is 34.1 Å². The second kappa shape index (κ2) is 10.3. The molecule has 1 aliphatic carbocycles. The van der Waals surface area contributed by atoms with Crippen LogP contribution in [0.25, 0.3) is 33.6 Å². The van der Waals surface area contributed by atoms with Gasteiger partial charge in [0.1, 0.15) is 34.4 Å². The summed E-state index contributed by atoms with van der Waals surface area (Å²) in [5, 5.41) is 11.3. The zero-order valence-electron chi connectivity index (χ0n) is 24.9. The molecular weight excluding hydrogens is 533 g/mol. The fourth-order valence-electron chi connectivity index (χ4n) is 6.05. The highest BCUT2D eigenvalue weighted by Crippen LogP contribution is 2.42. The predicted octanol–water partition coefficient (Wildman–Crippen LogP) is 7.93. The fraction of sp³-hybridized carbons (Fsp3) is 0.353. The summed E-state index contributed by atoms with van der Waals surface area (Å²) >= 11 is 0. The van der Waals surface area contributed by atoms with E-state index in [1.807, 2.05) is 13.0 Å². The van der Waals surface area contributed by atoms with Gasteiger partial charge >= 0.3 is 0 Å². The van der Waals surface area contributed by atoms with Crippen LogP contribution in [0.5, 0.6) is 11.5 Å². The van der Waals surface area contributed by atoms with Crippen LogP contribution < -0.4 is 10.3 Å².